The van der Waals surface area contributed by atoms with Gasteiger partial charge in [-0.1, -0.05) is 0 Å². The van der Waals surface area contributed by atoms with Gasteiger partial charge in [0.15, 0.2) is 5.78 Å². The Kier molecular flexibility index (Phi) is 4.55. The van der Waals surface area contributed by atoms with E-state index in [2.05, 4.69) is 25.3 Å². The van der Waals surface area contributed by atoms with Crippen LogP contribution >= 0.6 is 25.3 Å². The number of Topliss-reactive ketones (excluding diaryl/α,β-unsaturated/α-hetero) is 1. The van der Waals surface area contributed by atoms with Crippen LogP contribution in [0.15, 0.2) is 0 Å². The molecular weight excluding hydrogens is 184 g/mol. The largest absolute Gasteiger partial charge is 0.370 e. The smallest absolute Gasteiger partial charge is 0.219 e. The molecule has 0 spiro atoms. The maximum atomic E-state index is 10.9. The molecule has 0 aromatic heterocycles. The van der Waals surface area contributed by atoms with Gasteiger partial charge < -0.3 is 11.5 Å². The van der Waals surface area contributed by atoms with Crippen molar-refractivity contribution < 1.29 is 9.59 Å². The normalized spacial score (nSPS) is 13.1. The molecule has 1 atom stereocenters. The Morgan fingerprint density at radius 2 is 1.82 bits per heavy atom. The van der Waals surface area contributed by atoms with Gasteiger partial charge in [0.05, 0.1) is 6.04 Å². The SMILES string of the molecule is NC(=O)C[C@H](N)C(=O)C(S)S. The average molecular weight is 194 g/mol. The van der Waals surface area contributed by atoms with E-state index >= 15 is 0 Å². The fourth-order valence-corrected chi connectivity index (χ4v) is 0.892. The third-order valence-corrected chi connectivity index (χ3v) is 1.55. The quantitative estimate of drug-likeness (QED) is 0.340. The van der Waals surface area contributed by atoms with E-state index in [1.807, 2.05) is 0 Å². The monoisotopic (exact) mass is 194 g/mol. The topological polar surface area (TPSA) is 86.2 Å². The molecule has 0 aromatic carbocycles. The highest BCUT2D eigenvalue weighted by atomic mass is 32.2. The van der Waals surface area contributed by atoms with Crippen molar-refractivity contribution in [2.24, 2.45) is 11.5 Å². The highest BCUT2D eigenvalue weighted by molar-refractivity contribution is 8.00. The van der Waals surface area contributed by atoms with Crippen molar-refractivity contribution in [3.63, 3.8) is 0 Å². The molecule has 0 aliphatic rings. The van der Waals surface area contributed by atoms with E-state index in [0.717, 1.165) is 0 Å². The number of primary amides is 1. The average Bonchev–Trinajstić information content (AvgIpc) is 1.84. The van der Waals surface area contributed by atoms with E-state index < -0.39 is 22.3 Å². The molecule has 0 unspecified atom stereocenters. The van der Waals surface area contributed by atoms with E-state index in [1.54, 1.807) is 0 Å². The molecule has 1 amide bonds. The van der Waals surface area contributed by atoms with Crippen molar-refractivity contribution in [2.75, 3.05) is 0 Å². The number of hydrogen-bond acceptors (Lipinski definition) is 5. The van der Waals surface area contributed by atoms with E-state index in [9.17, 15) is 9.59 Å². The molecule has 0 aromatic rings. The zero-order chi connectivity index (χ0) is 9.02. The van der Waals surface area contributed by atoms with Crippen LogP contribution in [0.4, 0.5) is 0 Å². The van der Waals surface area contributed by atoms with Gasteiger partial charge in [0.1, 0.15) is 4.58 Å². The fraction of sp³-hybridized carbons (Fsp3) is 0.600. The van der Waals surface area contributed by atoms with Crippen LogP contribution in [-0.2, 0) is 9.59 Å². The molecule has 0 bridgehead atoms. The Morgan fingerprint density at radius 1 is 1.36 bits per heavy atom. The van der Waals surface area contributed by atoms with Gasteiger partial charge in [-0.25, -0.2) is 0 Å². The first-order valence-corrected chi connectivity index (χ1v) is 3.92. The third-order valence-electron chi connectivity index (χ3n) is 1.04. The maximum absolute atomic E-state index is 10.9. The molecule has 4 N–H and O–H groups in total. The standard InChI is InChI=1S/C5H10N2O2S2/c6-2(1-3(7)8)4(9)5(10)11/h2,5,10-11H,1,6H2,(H2,7,8)/t2-/m0/s1. The van der Waals surface area contributed by atoms with E-state index in [0.29, 0.717) is 0 Å². The first-order valence-electron chi connectivity index (χ1n) is 2.89. The number of carbonyl (C=O) groups excluding carboxylic acids is 2. The second kappa shape index (κ2) is 4.63. The lowest BCUT2D eigenvalue weighted by molar-refractivity contribution is -0.123. The summed E-state index contributed by atoms with van der Waals surface area (Å²) in [7, 11) is 0. The molecule has 0 aliphatic heterocycles. The predicted octanol–water partition coefficient (Wildman–Crippen LogP) is -1.06. The zero-order valence-electron chi connectivity index (χ0n) is 5.73. The second-order valence-corrected chi connectivity index (χ2v) is 3.49. The Morgan fingerprint density at radius 3 is 2.09 bits per heavy atom. The summed E-state index contributed by atoms with van der Waals surface area (Å²) < 4.78 is -0.746. The van der Waals surface area contributed by atoms with Crippen LogP contribution in [0, 0.1) is 0 Å². The molecule has 0 heterocycles. The lowest BCUT2D eigenvalue weighted by atomic mass is 10.1. The van der Waals surface area contributed by atoms with E-state index in [-0.39, 0.29) is 6.42 Å². The molecular formula is C5H10N2O2S2. The minimum atomic E-state index is -0.882. The number of carbonyl (C=O) groups is 2. The Balaban J connectivity index is 3.93. The molecule has 0 saturated heterocycles. The van der Waals surface area contributed by atoms with Gasteiger partial charge in [-0.2, -0.15) is 25.3 Å². The Bertz CT molecular complexity index is 172. The van der Waals surface area contributed by atoms with Crippen LogP contribution in [0.5, 0.6) is 0 Å². The summed E-state index contributed by atoms with van der Waals surface area (Å²) in [6.45, 7) is 0. The van der Waals surface area contributed by atoms with Gasteiger partial charge >= 0.3 is 0 Å². The van der Waals surface area contributed by atoms with Crippen molar-refractivity contribution in [3.8, 4) is 0 Å². The van der Waals surface area contributed by atoms with Crippen LogP contribution in [0.1, 0.15) is 6.42 Å². The number of ketones is 1. The van der Waals surface area contributed by atoms with Crippen LogP contribution < -0.4 is 11.5 Å². The highest BCUT2D eigenvalue weighted by Gasteiger charge is 2.19. The molecule has 4 nitrogen and oxygen atoms in total. The summed E-state index contributed by atoms with van der Waals surface area (Å²) in [6.07, 6.45) is -0.156. The zero-order valence-corrected chi connectivity index (χ0v) is 7.52. The minimum Gasteiger partial charge on any atom is -0.370 e. The molecule has 0 fully saturated rings. The summed E-state index contributed by atoms with van der Waals surface area (Å²) in [5, 5.41) is 0. The van der Waals surface area contributed by atoms with Crippen molar-refractivity contribution in [1.29, 1.82) is 0 Å². The second-order valence-electron chi connectivity index (χ2n) is 2.05. The molecule has 64 valence electrons. The Labute approximate surface area is 75.5 Å². The van der Waals surface area contributed by atoms with Crippen molar-refractivity contribution in [1.82, 2.24) is 0 Å². The van der Waals surface area contributed by atoms with Crippen LogP contribution in [0.2, 0.25) is 0 Å². The van der Waals surface area contributed by atoms with Gasteiger partial charge in [0, 0.05) is 6.42 Å². The van der Waals surface area contributed by atoms with Gasteiger partial charge in [-0.15, -0.1) is 0 Å². The molecule has 0 radical (unpaired) electrons. The van der Waals surface area contributed by atoms with Gasteiger partial charge in [-0.3, -0.25) is 9.59 Å². The third kappa shape index (κ3) is 4.28. The summed E-state index contributed by atoms with van der Waals surface area (Å²) in [5.74, 6) is -0.997. The van der Waals surface area contributed by atoms with Gasteiger partial charge in [0.2, 0.25) is 5.91 Å². The molecule has 11 heavy (non-hydrogen) atoms. The summed E-state index contributed by atoms with van der Waals surface area (Å²) in [4.78, 5) is 21.2. The molecule has 0 rings (SSSR count). The van der Waals surface area contributed by atoms with Crippen LogP contribution in [-0.4, -0.2) is 22.3 Å². The first kappa shape index (κ1) is 10.8. The van der Waals surface area contributed by atoms with Crippen molar-refractivity contribution >= 4 is 36.9 Å². The Hall–Kier alpha value is -0.200. The summed E-state index contributed by atoms with van der Waals surface area (Å²) in [5.41, 5.74) is 10.1. The molecule has 0 saturated carbocycles. The number of thiol groups is 2. The number of nitrogens with two attached hydrogens (primary N) is 2. The number of hydrogen-bond donors (Lipinski definition) is 4. The fourth-order valence-electron chi connectivity index (χ4n) is 0.509. The van der Waals surface area contributed by atoms with Crippen molar-refractivity contribution in [2.45, 2.75) is 17.0 Å². The van der Waals surface area contributed by atoms with Gasteiger partial charge in [-0.05, 0) is 0 Å². The lowest BCUT2D eigenvalue weighted by Gasteiger charge is -2.08. The summed E-state index contributed by atoms with van der Waals surface area (Å²) in [6, 6.07) is -0.882. The molecule has 6 heteroatoms. The van der Waals surface area contributed by atoms with Crippen molar-refractivity contribution in [3.05, 3.63) is 0 Å². The molecule has 0 aliphatic carbocycles. The maximum Gasteiger partial charge on any atom is 0.219 e. The summed E-state index contributed by atoms with van der Waals surface area (Å²) >= 11 is 7.47. The van der Waals surface area contributed by atoms with E-state index in [1.165, 1.54) is 0 Å². The van der Waals surface area contributed by atoms with Crippen LogP contribution in [0.3, 0.4) is 0 Å². The number of amides is 1. The highest BCUT2D eigenvalue weighted by Crippen LogP contribution is 2.05. The number of rotatable bonds is 4. The van der Waals surface area contributed by atoms with E-state index in [4.69, 9.17) is 11.5 Å². The van der Waals surface area contributed by atoms with Crippen LogP contribution in [0.25, 0.3) is 0 Å². The predicted molar refractivity (Wildman–Crippen MR) is 48.6 cm³/mol. The lowest BCUT2D eigenvalue weighted by Crippen LogP contribution is -2.38. The first-order chi connectivity index (χ1) is 4.95. The minimum absolute atomic E-state index is 0.156. The van der Waals surface area contributed by atoms with Gasteiger partial charge in [0.25, 0.3) is 0 Å².